The van der Waals surface area contributed by atoms with E-state index < -0.39 is 17.9 Å². The summed E-state index contributed by atoms with van der Waals surface area (Å²) < 4.78 is 18.0. The number of carbonyl (C=O) groups is 1. The van der Waals surface area contributed by atoms with Gasteiger partial charge in [0, 0.05) is 0 Å². The maximum atomic E-state index is 13.5. The minimum Gasteiger partial charge on any atom is -0.469 e. The van der Waals surface area contributed by atoms with Crippen LogP contribution in [0.15, 0.2) is 42.5 Å². The van der Waals surface area contributed by atoms with Crippen molar-refractivity contribution in [1.29, 1.82) is 0 Å². The zero-order valence-corrected chi connectivity index (χ0v) is 13.1. The highest BCUT2D eigenvalue weighted by atomic mass is 19.1. The minimum atomic E-state index is -1.11. The van der Waals surface area contributed by atoms with Crippen molar-refractivity contribution in [3.63, 3.8) is 0 Å². The third-order valence-electron chi connectivity index (χ3n) is 3.53. The van der Waals surface area contributed by atoms with Crippen molar-refractivity contribution in [2.45, 2.75) is 19.4 Å². The summed E-state index contributed by atoms with van der Waals surface area (Å²) in [5.41, 5.74) is 3.17. The lowest BCUT2D eigenvalue weighted by atomic mass is 9.99. The molecule has 120 valence electrons. The van der Waals surface area contributed by atoms with Crippen molar-refractivity contribution in [3.05, 3.63) is 70.5 Å². The number of aliphatic hydroxyl groups excluding tert-OH is 1. The Labute approximate surface area is 135 Å². The number of aliphatic hydroxyl groups is 1. The van der Waals surface area contributed by atoms with Crippen LogP contribution >= 0.6 is 0 Å². The van der Waals surface area contributed by atoms with Gasteiger partial charge >= 0.3 is 5.97 Å². The Morgan fingerprint density at radius 3 is 2.57 bits per heavy atom. The van der Waals surface area contributed by atoms with E-state index >= 15 is 0 Å². The van der Waals surface area contributed by atoms with Gasteiger partial charge in [-0.2, -0.15) is 0 Å². The van der Waals surface area contributed by atoms with Crippen LogP contribution in [0.3, 0.4) is 0 Å². The number of halogens is 1. The summed E-state index contributed by atoms with van der Waals surface area (Å²) in [6.07, 6.45) is 2.34. The van der Waals surface area contributed by atoms with E-state index in [4.69, 9.17) is 0 Å². The van der Waals surface area contributed by atoms with Gasteiger partial charge in [0.1, 0.15) is 5.82 Å². The zero-order valence-electron chi connectivity index (χ0n) is 13.1. The van der Waals surface area contributed by atoms with E-state index in [-0.39, 0.29) is 6.42 Å². The van der Waals surface area contributed by atoms with E-state index in [1.54, 1.807) is 12.1 Å². The molecule has 2 aromatic rings. The minimum absolute atomic E-state index is 0.217. The van der Waals surface area contributed by atoms with Gasteiger partial charge in [0.15, 0.2) is 0 Å². The van der Waals surface area contributed by atoms with Crippen molar-refractivity contribution >= 4 is 18.1 Å². The van der Waals surface area contributed by atoms with Crippen molar-refractivity contribution in [2.24, 2.45) is 0 Å². The van der Waals surface area contributed by atoms with Crippen LogP contribution in [0.25, 0.3) is 12.2 Å². The molecule has 2 rings (SSSR count). The summed E-state index contributed by atoms with van der Waals surface area (Å²) in [5, 5.41) is 10.2. The Morgan fingerprint density at radius 2 is 1.91 bits per heavy atom. The molecule has 2 aromatic carbocycles. The molecule has 0 spiro atoms. The Balaban J connectivity index is 2.27. The van der Waals surface area contributed by atoms with E-state index in [9.17, 15) is 14.3 Å². The molecule has 1 unspecified atom stereocenters. The van der Waals surface area contributed by atoms with Crippen LogP contribution in [-0.4, -0.2) is 18.2 Å². The second kappa shape index (κ2) is 7.70. The van der Waals surface area contributed by atoms with Gasteiger partial charge in [0.05, 0.1) is 19.6 Å². The average Bonchev–Trinajstić information content (AvgIpc) is 2.55. The normalized spacial score (nSPS) is 12.3. The van der Waals surface area contributed by atoms with Gasteiger partial charge in [-0.25, -0.2) is 4.39 Å². The number of esters is 1. The molecule has 0 aliphatic rings. The third-order valence-corrected chi connectivity index (χ3v) is 3.53. The van der Waals surface area contributed by atoms with E-state index in [0.717, 1.165) is 11.1 Å². The second-order valence-electron chi connectivity index (χ2n) is 5.31. The molecular weight excluding hydrogens is 295 g/mol. The summed E-state index contributed by atoms with van der Waals surface area (Å²) in [6.45, 7) is 2.01. The average molecular weight is 314 g/mol. The largest absolute Gasteiger partial charge is 0.469 e. The van der Waals surface area contributed by atoms with E-state index in [0.29, 0.717) is 11.1 Å². The summed E-state index contributed by atoms with van der Waals surface area (Å²) >= 11 is 0. The van der Waals surface area contributed by atoms with Crippen molar-refractivity contribution in [1.82, 2.24) is 0 Å². The standard InChI is InChI=1S/C19H19FO3/c1-13-3-5-14(6-4-13)7-8-15-9-10-16(20)11-17(15)18(21)12-19(22)23-2/h3-11,18,21H,12H2,1-2H3/b8-7+. The quantitative estimate of drug-likeness (QED) is 0.672. The highest BCUT2D eigenvalue weighted by molar-refractivity contribution is 5.73. The number of benzene rings is 2. The van der Waals surface area contributed by atoms with Crippen LogP contribution < -0.4 is 0 Å². The van der Waals surface area contributed by atoms with Gasteiger partial charge in [0.2, 0.25) is 0 Å². The molecule has 0 fully saturated rings. The van der Waals surface area contributed by atoms with Crippen molar-refractivity contribution < 1.29 is 19.0 Å². The number of hydrogen-bond acceptors (Lipinski definition) is 3. The van der Waals surface area contributed by atoms with Gasteiger partial charge in [-0.1, -0.05) is 48.0 Å². The molecule has 0 aromatic heterocycles. The highest BCUT2D eigenvalue weighted by Crippen LogP contribution is 2.24. The fraction of sp³-hybridized carbons (Fsp3) is 0.211. The molecule has 0 radical (unpaired) electrons. The topological polar surface area (TPSA) is 46.5 Å². The van der Waals surface area contributed by atoms with Crippen LogP contribution in [0.1, 0.15) is 34.8 Å². The maximum Gasteiger partial charge on any atom is 0.308 e. The zero-order chi connectivity index (χ0) is 16.8. The molecular formula is C19H19FO3. The van der Waals surface area contributed by atoms with Crippen LogP contribution in [0.5, 0.6) is 0 Å². The smallest absolute Gasteiger partial charge is 0.308 e. The SMILES string of the molecule is COC(=O)CC(O)c1cc(F)ccc1/C=C/c1ccc(C)cc1. The Morgan fingerprint density at radius 1 is 1.22 bits per heavy atom. The Bertz CT molecular complexity index is 705. The summed E-state index contributed by atoms with van der Waals surface area (Å²) in [7, 11) is 1.25. The van der Waals surface area contributed by atoms with Crippen LogP contribution in [0, 0.1) is 12.7 Å². The number of rotatable bonds is 5. The molecule has 4 heteroatoms. The second-order valence-corrected chi connectivity index (χ2v) is 5.31. The predicted molar refractivity (Wildman–Crippen MR) is 88.1 cm³/mol. The molecule has 0 aliphatic carbocycles. The molecule has 1 N–H and O–H groups in total. The monoisotopic (exact) mass is 314 g/mol. The van der Waals surface area contributed by atoms with Gasteiger partial charge in [-0.3, -0.25) is 4.79 Å². The lowest BCUT2D eigenvalue weighted by molar-refractivity contribution is -0.142. The van der Waals surface area contributed by atoms with Gasteiger partial charge < -0.3 is 9.84 Å². The first-order chi connectivity index (χ1) is 11.0. The summed E-state index contributed by atoms with van der Waals surface area (Å²) in [5.74, 6) is -1.01. The van der Waals surface area contributed by atoms with Crippen LogP contribution in [0.4, 0.5) is 4.39 Å². The third kappa shape index (κ3) is 4.76. The molecule has 0 amide bonds. The summed E-state index contributed by atoms with van der Waals surface area (Å²) in [6, 6.07) is 12.1. The van der Waals surface area contributed by atoms with Crippen LogP contribution in [0.2, 0.25) is 0 Å². The maximum absolute atomic E-state index is 13.5. The molecule has 0 aliphatic heterocycles. The van der Waals surface area contributed by atoms with Gasteiger partial charge in [0.25, 0.3) is 0 Å². The molecule has 0 heterocycles. The van der Waals surface area contributed by atoms with E-state index in [1.807, 2.05) is 37.3 Å². The fourth-order valence-electron chi connectivity index (χ4n) is 2.20. The van der Waals surface area contributed by atoms with E-state index in [1.165, 1.54) is 19.2 Å². The lowest BCUT2D eigenvalue weighted by Crippen LogP contribution is -2.09. The molecule has 0 saturated heterocycles. The molecule has 1 atom stereocenters. The summed E-state index contributed by atoms with van der Waals surface area (Å²) in [4.78, 5) is 11.3. The first-order valence-corrected chi connectivity index (χ1v) is 7.28. The molecule has 23 heavy (non-hydrogen) atoms. The number of carbonyl (C=O) groups excluding carboxylic acids is 1. The number of hydrogen-bond donors (Lipinski definition) is 1. The van der Waals surface area contributed by atoms with Crippen LogP contribution in [-0.2, 0) is 9.53 Å². The lowest BCUT2D eigenvalue weighted by Gasteiger charge is -2.13. The number of ether oxygens (including phenoxy) is 1. The fourth-order valence-corrected chi connectivity index (χ4v) is 2.20. The first kappa shape index (κ1) is 16.9. The molecule has 0 saturated carbocycles. The Kier molecular flexibility index (Phi) is 5.66. The van der Waals surface area contributed by atoms with E-state index in [2.05, 4.69) is 4.74 Å². The highest BCUT2D eigenvalue weighted by Gasteiger charge is 2.16. The number of methoxy groups -OCH3 is 1. The van der Waals surface area contributed by atoms with Crippen molar-refractivity contribution in [2.75, 3.05) is 7.11 Å². The predicted octanol–water partition coefficient (Wildman–Crippen LogP) is 3.90. The Hall–Kier alpha value is -2.46. The van der Waals surface area contributed by atoms with Gasteiger partial charge in [-0.05, 0) is 35.7 Å². The van der Waals surface area contributed by atoms with Gasteiger partial charge in [-0.15, -0.1) is 0 Å². The molecule has 0 bridgehead atoms. The van der Waals surface area contributed by atoms with Crippen molar-refractivity contribution in [3.8, 4) is 0 Å². The number of aryl methyl sites for hydroxylation is 1. The molecule has 3 nitrogen and oxygen atoms in total. The first-order valence-electron chi connectivity index (χ1n) is 7.28.